The zero-order chi connectivity index (χ0) is 12.0. The molecule has 1 aromatic carbocycles. The molecule has 0 aliphatic heterocycles. The minimum atomic E-state index is -0.331. The molecule has 0 spiro atoms. The van der Waals surface area contributed by atoms with E-state index in [0.29, 0.717) is 11.1 Å². The summed E-state index contributed by atoms with van der Waals surface area (Å²) in [4.78, 5) is 10.8. The molecule has 0 aliphatic rings. The molecular formula is C12H14FNO2. The standard InChI is InChI=1S/C12H14FNO2/c1-16-12(15)4-2-3-9-5-6-10(8-14)11(13)7-9/h2-3,5-7H,4,8,14H2,1H3. The molecule has 3 nitrogen and oxygen atoms in total. The predicted molar refractivity (Wildman–Crippen MR) is 60.0 cm³/mol. The summed E-state index contributed by atoms with van der Waals surface area (Å²) in [5, 5.41) is 0. The molecule has 0 amide bonds. The molecule has 16 heavy (non-hydrogen) atoms. The van der Waals surface area contributed by atoms with E-state index in [4.69, 9.17) is 5.73 Å². The lowest BCUT2D eigenvalue weighted by Gasteiger charge is -2.00. The van der Waals surface area contributed by atoms with Gasteiger partial charge < -0.3 is 10.5 Å². The highest BCUT2D eigenvalue weighted by Crippen LogP contribution is 2.11. The monoisotopic (exact) mass is 223 g/mol. The second-order valence-corrected chi connectivity index (χ2v) is 3.24. The number of carbonyl (C=O) groups excluding carboxylic acids is 1. The van der Waals surface area contributed by atoms with Crippen molar-refractivity contribution in [3.05, 3.63) is 41.2 Å². The number of methoxy groups -OCH3 is 1. The molecule has 0 aromatic heterocycles. The Morgan fingerprint density at radius 2 is 2.31 bits per heavy atom. The second kappa shape index (κ2) is 6.02. The first-order valence-corrected chi connectivity index (χ1v) is 4.89. The fourth-order valence-corrected chi connectivity index (χ4v) is 1.21. The van der Waals surface area contributed by atoms with E-state index in [1.807, 2.05) is 0 Å². The third kappa shape index (κ3) is 3.47. The topological polar surface area (TPSA) is 52.3 Å². The highest BCUT2D eigenvalue weighted by Gasteiger charge is 2.00. The van der Waals surface area contributed by atoms with Gasteiger partial charge in [-0.3, -0.25) is 4.79 Å². The van der Waals surface area contributed by atoms with Gasteiger partial charge in [0.25, 0.3) is 0 Å². The summed E-state index contributed by atoms with van der Waals surface area (Å²) in [6.07, 6.45) is 3.47. The van der Waals surface area contributed by atoms with Crippen LogP contribution in [-0.2, 0) is 16.1 Å². The fourth-order valence-electron chi connectivity index (χ4n) is 1.21. The van der Waals surface area contributed by atoms with Gasteiger partial charge in [0.05, 0.1) is 13.5 Å². The van der Waals surface area contributed by atoms with Gasteiger partial charge in [-0.1, -0.05) is 24.3 Å². The Hall–Kier alpha value is -1.68. The maximum absolute atomic E-state index is 13.3. The predicted octanol–water partition coefficient (Wildman–Crippen LogP) is 1.86. The lowest BCUT2D eigenvalue weighted by molar-refractivity contribution is -0.139. The highest BCUT2D eigenvalue weighted by molar-refractivity contribution is 5.72. The van der Waals surface area contributed by atoms with Gasteiger partial charge in [-0.15, -0.1) is 0 Å². The lowest BCUT2D eigenvalue weighted by atomic mass is 10.1. The highest BCUT2D eigenvalue weighted by atomic mass is 19.1. The van der Waals surface area contributed by atoms with Crippen LogP contribution in [0.15, 0.2) is 24.3 Å². The molecular weight excluding hydrogens is 209 g/mol. The Bertz CT molecular complexity index is 402. The molecule has 0 atom stereocenters. The number of hydrogen-bond donors (Lipinski definition) is 1. The van der Waals surface area contributed by atoms with Crippen molar-refractivity contribution in [1.29, 1.82) is 0 Å². The maximum Gasteiger partial charge on any atom is 0.309 e. The van der Waals surface area contributed by atoms with Gasteiger partial charge in [0, 0.05) is 12.1 Å². The molecule has 0 saturated carbocycles. The van der Waals surface area contributed by atoms with Crippen molar-refractivity contribution < 1.29 is 13.9 Å². The average molecular weight is 223 g/mol. The van der Waals surface area contributed by atoms with Gasteiger partial charge in [0.1, 0.15) is 5.82 Å². The molecule has 0 bridgehead atoms. The van der Waals surface area contributed by atoms with Crippen LogP contribution in [-0.4, -0.2) is 13.1 Å². The first-order valence-electron chi connectivity index (χ1n) is 4.89. The smallest absolute Gasteiger partial charge is 0.309 e. The number of rotatable bonds is 4. The molecule has 0 heterocycles. The zero-order valence-electron chi connectivity index (χ0n) is 9.07. The first kappa shape index (κ1) is 12.4. The van der Waals surface area contributed by atoms with Crippen molar-refractivity contribution in [3.63, 3.8) is 0 Å². The van der Waals surface area contributed by atoms with E-state index in [0.717, 1.165) is 0 Å². The summed E-state index contributed by atoms with van der Waals surface area (Å²) in [6, 6.07) is 4.77. The van der Waals surface area contributed by atoms with Gasteiger partial charge >= 0.3 is 5.97 Å². The van der Waals surface area contributed by atoms with Crippen molar-refractivity contribution in [2.45, 2.75) is 13.0 Å². The number of benzene rings is 1. The Morgan fingerprint density at radius 1 is 1.56 bits per heavy atom. The first-order chi connectivity index (χ1) is 7.67. The van der Waals surface area contributed by atoms with Gasteiger partial charge in [0.2, 0.25) is 0 Å². The van der Waals surface area contributed by atoms with Crippen LogP contribution in [0.5, 0.6) is 0 Å². The molecule has 4 heteroatoms. The normalized spacial score (nSPS) is 10.7. The summed E-state index contributed by atoms with van der Waals surface area (Å²) in [7, 11) is 1.33. The van der Waals surface area contributed by atoms with E-state index >= 15 is 0 Å². The van der Waals surface area contributed by atoms with Gasteiger partial charge in [0.15, 0.2) is 0 Å². The molecule has 0 radical (unpaired) electrons. The number of carbonyl (C=O) groups is 1. The summed E-state index contributed by atoms with van der Waals surface area (Å²) in [5.41, 5.74) is 6.51. The van der Waals surface area contributed by atoms with Crippen LogP contribution in [0, 0.1) is 5.82 Å². The number of nitrogens with two attached hydrogens (primary N) is 1. The maximum atomic E-state index is 13.3. The minimum Gasteiger partial charge on any atom is -0.469 e. The average Bonchev–Trinajstić information content (AvgIpc) is 2.29. The van der Waals surface area contributed by atoms with E-state index < -0.39 is 0 Å². The van der Waals surface area contributed by atoms with E-state index in [2.05, 4.69) is 4.74 Å². The summed E-state index contributed by atoms with van der Waals surface area (Å²) >= 11 is 0. The number of ether oxygens (including phenoxy) is 1. The molecule has 1 rings (SSSR count). The SMILES string of the molecule is COC(=O)CC=Cc1ccc(CN)c(F)c1. The van der Waals surface area contributed by atoms with E-state index in [-0.39, 0.29) is 24.8 Å². The molecule has 0 saturated heterocycles. The van der Waals surface area contributed by atoms with E-state index in [1.54, 1.807) is 24.3 Å². The van der Waals surface area contributed by atoms with Crippen LogP contribution >= 0.6 is 0 Å². The fraction of sp³-hybridized carbons (Fsp3) is 0.250. The molecule has 0 aliphatic carbocycles. The molecule has 0 unspecified atom stereocenters. The molecule has 2 N–H and O–H groups in total. The van der Waals surface area contributed by atoms with E-state index in [9.17, 15) is 9.18 Å². The van der Waals surface area contributed by atoms with E-state index in [1.165, 1.54) is 13.2 Å². The van der Waals surface area contributed by atoms with Crippen molar-refractivity contribution in [3.8, 4) is 0 Å². The summed E-state index contributed by atoms with van der Waals surface area (Å²) in [5.74, 6) is -0.655. The van der Waals surface area contributed by atoms with Gasteiger partial charge in [-0.05, 0) is 11.6 Å². The molecule has 1 aromatic rings. The van der Waals surface area contributed by atoms with Gasteiger partial charge in [-0.25, -0.2) is 4.39 Å². The third-order valence-electron chi connectivity index (χ3n) is 2.12. The van der Waals surface area contributed by atoms with Crippen molar-refractivity contribution >= 4 is 12.0 Å². The van der Waals surface area contributed by atoms with Gasteiger partial charge in [-0.2, -0.15) is 0 Å². The minimum absolute atomic E-state index is 0.177. The third-order valence-corrected chi connectivity index (χ3v) is 2.12. The Kier molecular flexibility index (Phi) is 4.66. The molecule has 0 fully saturated rings. The Balaban J connectivity index is 2.68. The Labute approximate surface area is 93.7 Å². The van der Waals surface area contributed by atoms with Crippen LogP contribution in [0.25, 0.3) is 6.08 Å². The van der Waals surface area contributed by atoms with Crippen LogP contribution in [0.4, 0.5) is 4.39 Å². The van der Waals surface area contributed by atoms with Crippen molar-refractivity contribution in [1.82, 2.24) is 0 Å². The molecule has 86 valence electrons. The van der Waals surface area contributed by atoms with Crippen LogP contribution in [0.1, 0.15) is 17.5 Å². The second-order valence-electron chi connectivity index (χ2n) is 3.24. The zero-order valence-corrected chi connectivity index (χ0v) is 9.07. The van der Waals surface area contributed by atoms with Crippen molar-refractivity contribution in [2.75, 3.05) is 7.11 Å². The number of hydrogen-bond acceptors (Lipinski definition) is 3. The quantitative estimate of drug-likeness (QED) is 0.793. The van der Waals surface area contributed by atoms with Crippen LogP contribution < -0.4 is 5.73 Å². The number of esters is 1. The van der Waals surface area contributed by atoms with Crippen LogP contribution in [0.2, 0.25) is 0 Å². The largest absolute Gasteiger partial charge is 0.469 e. The summed E-state index contributed by atoms with van der Waals surface area (Å²) < 4.78 is 17.8. The van der Waals surface area contributed by atoms with Crippen molar-refractivity contribution in [2.24, 2.45) is 5.73 Å². The number of halogens is 1. The Morgan fingerprint density at radius 3 is 2.88 bits per heavy atom. The summed E-state index contributed by atoms with van der Waals surface area (Å²) in [6.45, 7) is 0.179. The van der Waals surface area contributed by atoms with Crippen LogP contribution in [0.3, 0.4) is 0 Å². The lowest BCUT2D eigenvalue weighted by Crippen LogP contribution is -1.99.